The van der Waals surface area contributed by atoms with E-state index < -0.39 is 16.0 Å². The lowest BCUT2D eigenvalue weighted by atomic mass is 10.1. The zero-order chi connectivity index (χ0) is 14.8. The second-order valence-corrected chi connectivity index (χ2v) is 5.66. The van der Waals surface area contributed by atoms with Crippen molar-refractivity contribution in [3.63, 3.8) is 0 Å². The van der Waals surface area contributed by atoms with Crippen molar-refractivity contribution in [2.45, 2.75) is 11.8 Å². The SMILES string of the molecule is Cc1ccc(S(=O)(=O)Nc2cnccn2)cc1C(=O)O. The van der Waals surface area contributed by atoms with Gasteiger partial charge < -0.3 is 5.11 Å². The third-order valence-electron chi connectivity index (χ3n) is 2.55. The smallest absolute Gasteiger partial charge is 0.335 e. The number of benzene rings is 1. The Morgan fingerprint density at radius 2 is 2.05 bits per heavy atom. The number of aromatic carboxylic acids is 1. The first kappa shape index (κ1) is 13.9. The molecule has 2 aromatic rings. The summed E-state index contributed by atoms with van der Waals surface area (Å²) in [5, 5.41) is 9.01. The van der Waals surface area contributed by atoms with Gasteiger partial charge in [0.05, 0.1) is 16.7 Å². The maximum atomic E-state index is 12.1. The first-order chi connectivity index (χ1) is 9.40. The monoisotopic (exact) mass is 293 g/mol. The van der Waals surface area contributed by atoms with Crippen molar-refractivity contribution in [1.82, 2.24) is 9.97 Å². The number of aromatic nitrogens is 2. The van der Waals surface area contributed by atoms with Crippen molar-refractivity contribution >= 4 is 21.8 Å². The van der Waals surface area contributed by atoms with Crippen LogP contribution in [-0.4, -0.2) is 29.5 Å². The molecule has 0 radical (unpaired) electrons. The Morgan fingerprint density at radius 1 is 1.30 bits per heavy atom. The van der Waals surface area contributed by atoms with Gasteiger partial charge in [0.2, 0.25) is 0 Å². The quantitative estimate of drug-likeness (QED) is 0.879. The highest BCUT2D eigenvalue weighted by molar-refractivity contribution is 7.92. The molecular formula is C12H11N3O4S. The van der Waals surface area contributed by atoms with Gasteiger partial charge in [-0.15, -0.1) is 0 Å². The summed E-state index contributed by atoms with van der Waals surface area (Å²) < 4.78 is 26.5. The molecule has 1 aromatic heterocycles. The summed E-state index contributed by atoms with van der Waals surface area (Å²) in [6.45, 7) is 1.59. The van der Waals surface area contributed by atoms with Crippen molar-refractivity contribution in [2.75, 3.05) is 4.72 Å². The summed E-state index contributed by atoms with van der Waals surface area (Å²) in [6.07, 6.45) is 4.01. The molecule has 0 atom stereocenters. The Morgan fingerprint density at radius 3 is 2.65 bits per heavy atom. The minimum absolute atomic E-state index is 0.0601. The molecule has 0 spiro atoms. The molecule has 0 aliphatic heterocycles. The van der Waals surface area contributed by atoms with E-state index in [1.165, 1.54) is 30.7 Å². The van der Waals surface area contributed by atoms with Gasteiger partial charge in [-0.2, -0.15) is 0 Å². The van der Waals surface area contributed by atoms with Crippen LogP contribution in [0.1, 0.15) is 15.9 Å². The molecule has 0 aliphatic rings. The lowest BCUT2D eigenvalue weighted by molar-refractivity contribution is 0.0696. The van der Waals surface area contributed by atoms with Crippen molar-refractivity contribution in [3.8, 4) is 0 Å². The van der Waals surface area contributed by atoms with E-state index in [0.29, 0.717) is 5.56 Å². The predicted molar refractivity (Wildman–Crippen MR) is 71.0 cm³/mol. The second-order valence-electron chi connectivity index (χ2n) is 3.98. The van der Waals surface area contributed by atoms with E-state index in [0.717, 1.165) is 6.07 Å². The molecule has 0 unspecified atom stereocenters. The number of nitrogens with one attached hydrogen (secondary N) is 1. The van der Waals surface area contributed by atoms with E-state index in [4.69, 9.17) is 5.11 Å². The third-order valence-corrected chi connectivity index (χ3v) is 3.90. The first-order valence-corrected chi connectivity index (χ1v) is 7.01. The number of carboxylic acids is 1. The van der Waals surface area contributed by atoms with E-state index in [2.05, 4.69) is 14.7 Å². The highest BCUT2D eigenvalue weighted by atomic mass is 32.2. The Kier molecular flexibility index (Phi) is 3.66. The van der Waals surface area contributed by atoms with Crippen LogP contribution >= 0.6 is 0 Å². The predicted octanol–water partition coefficient (Wildman–Crippen LogP) is 1.28. The minimum atomic E-state index is -3.90. The van der Waals surface area contributed by atoms with Crippen LogP contribution < -0.4 is 4.72 Å². The molecule has 0 saturated heterocycles. The van der Waals surface area contributed by atoms with Gasteiger partial charge in [0, 0.05) is 12.4 Å². The summed E-state index contributed by atoms with van der Waals surface area (Å²) >= 11 is 0. The Balaban J connectivity index is 2.40. The van der Waals surface area contributed by atoms with Crippen molar-refractivity contribution in [2.24, 2.45) is 0 Å². The molecule has 0 fully saturated rings. The van der Waals surface area contributed by atoms with Gasteiger partial charge in [0.15, 0.2) is 5.82 Å². The van der Waals surface area contributed by atoms with E-state index in [1.807, 2.05) is 0 Å². The molecule has 2 rings (SSSR count). The van der Waals surface area contributed by atoms with Gasteiger partial charge in [0.1, 0.15) is 0 Å². The van der Waals surface area contributed by atoms with Gasteiger partial charge in [-0.05, 0) is 24.6 Å². The molecule has 20 heavy (non-hydrogen) atoms. The molecule has 2 N–H and O–H groups in total. The van der Waals surface area contributed by atoms with Gasteiger partial charge in [-0.25, -0.2) is 18.2 Å². The summed E-state index contributed by atoms with van der Waals surface area (Å²) in [6, 6.07) is 3.88. The van der Waals surface area contributed by atoms with Gasteiger partial charge in [0.25, 0.3) is 10.0 Å². The maximum absolute atomic E-state index is 12.1. The summed E-state index contributed by atoms with van der Waals surface area (Å²) in [7, 11) is -3.90. The number of rotatable bonds is 4. The lowest BCUT2D eigenvalue weighted by Crippen LogP contribution is -2.15. The fraction of sp³-hybridized carbons (Fsp3) is 0.0833. The Hall–Kier alpha value is -2.48. The number of sulfonamides is 1. The second kappa shape index (κ2) is 5.25. The van der Waals surface area contributed by atoms with Gasteiger partial charge in [-0.1, -0.05) is 6.07 Å². The van der Waals surface area contributed by atoms with Crippen LogP contribution in [0.25, 0.3) is 0 Å². The molecule has 0 aliphatic carbocycles. The van der Waals surface area contributed by atoms with Crippen LogP contribution in [-0.2, 0) is 10.0 Å². The number of nitrogens with zero attached hydrogens (tertiary/aromatic N) is 2. The van der Waals surface area contributed by atoms with Gasteiger partial charge >= 0.3 is 5.97 Å². The van der Waals surface area contributed by atoms with Crippen LogP contribution in [0.3, 0.4) is 0 Å². The molecule has 1 aromatic carbocycles. The number of aryl methyl sites for hydroxylation is 1. The van der Waals surface area contributed by atoms with Crippen LogP contribution in [0.15, 0.2) is 41.7 Å². The topological polar surface area (TPSA) is 109 Å². The van der Waals surface area contributed by atoms with E-state index in [-0.39, 0.29) is 16.3 Å². The van der Waals surface area contributed by atoms with Crippen LogP contribution in [0.4, 0.5) is 5.82 Å². The Bertz CT molecular complexity index is 745. The molecule has 0 bridgehead atoms. The van der Waals surface area contributed by atoms with E-state index >= 15 is 0 Å². The molecule has 104 valence electrons. The summed E-state index contributed by atoms with van der Waals surface area (Å²) in [4.78, 5) is 18.4. The largest absolute Gasteiger partial charge is 0.478 e. The number of hydrogen-bond donors (Lipinski definition) is 2. The lowest BCUT2D eigenvalue weighted by Gasteiger charge is -2.08. The zero-order valence-electron chi connectivity index (χ0n) is 10.4. The molecule has 7 nitrogen and oxygen atoms in total. The highest BCUT2D eigenvalue weighted by Gasteiger charge is 2.18. The first-order valence-electron chi connectivity index (χ1n) is 5.53. The summed E-state index contributed by atoms with van der Waals surface area (Å²) in [5.41, 5.74) is 0.419. The van der Waals surface area contributed by atoms with Crippen LogP contribution in [0.5, 0.6) is 0 Å². The van der Waals surface area contributed by atoms with Crippen molar-refractivity contribution in [1.29, 1.82) is 0 Å². The molecule has 0 amide bonds. The average Bonchev–Trinajstić information content (AvgIpc) is 2.39. The van der Waals surface area contributed by atoms with E-state index in [9.17, 15) is 13.2 Å². The normalized spacial score (nSPS) is 11.1. The average molecular weight is 293 g/mol. The number of anilines is 1. The fourth-order valence-corrected chi connectivity index (χ4v) is 2.57. The van der Waals surface area contributed by atoms with E-state index in [1.54, 1.807) is 6.92 Å². The molecule has 1 heterocycles. The maximum Gasteiger partial charge on any atom is 0.335 e. The van der Waals surface area contributed by atoms with Gasteiger partial charge in [-0.3, -0.25) is 9.71 Å². The zero-order valence-corrected chi connectivity index (χ0v) is 11.3. The number of carbonyl (C=O) groups is 1. The van der Waals surface area contributed by atoms with Crippen molar-refractivity contribution < 1.29 is 18.3 Å². The highest BCUT2D eigenvalue weighted by Crippen LogP contribution is 2.18. The fourth-order valence-electron chi connectivity index (χ4n) is 1.55. The Labute approximate surface area is 115 Å². The molecule has 0 saturated carbocycles. The standard InChI is InChI=1S/C12H11N3O4S/c1-8-2-3-9(6-10(8)12(16)17)20(18,19)15-11-7-13-4-5-14-11/h2-7H,1H3,(H,14,15)(H,16,17). The van der Waals surface area contributed by atoms with Crippen LogP contribution in [0, 0.1) is 6.92 Å². The van der Waals surface area contributed by atoms with Crippen molar-refractivity contribution in [3.05, 3.63) is 47.9 Å². The molecular weight excluding hydrogens is 282 g/mol. The molecule has 8 heteroatoms. The summed E-state index contributed by atoms with van der Waals surface area (Å²) in [5.74, 6) is -1.12. The number of hydrogen-bond acceptors (Lipinski definition) is 5. The minimum Gasteiger partial charge on any atom is -0.478 e. The van der Waals surface area contributed by atoms with Crippen LogP contribution in [0.2, 0.25) is 0 Å². The third kappa shape index (κ3) is 2.91. The number of carboxylic acid groups (broad SMARTS) is 1.